The van der Waals surface area contributed by atoms with Gasteiger partial charge in [0.2, 0.25) is 10.0 Å². The highest BCUT2D eigenvalue weighted by atomic mass is 32.2. The number of benzene rings is 1. The third-order valence-corrected chi connectivity index (χ3v) is 5.73. The monoisotopic (exact) mass is 346 g/mol. The number of hydrogen-bond donors (Lipinski definition) is 1. The van der Waals surface area contributed by atoms with E-state index >= 15 is 0 Å². The fourth-order valence-corrected chi connectivity index (χ4v) is 4.59. The summed E-state index contributed by atoms with van der Waals surface area (Å²) in [5.41, 5.74) is 0.787. The minimum atomic E-state index is -3.59. The van der Waals surface area contributed by atoms with Crippen LogP contribution in [0.3, 0.4) is 0 Å². The van der Waals surface area contributed by atoms with Crippen molar-refractivity contribution in [3.05, 3.63) is 29.8 Å². The summed E-state index contributed by atoms with van der Waals surface area (Å²) in [5, 5.41) is 0. The van der Waals surface area contributed by atoms with Gasteiger partial charge in [-0.3, -0.25) is 4.90 Å². The molecule has 0 saturated carbocycles. The van der Waals surface area contributed by atoms with Crippen LogP contribution in [-0.2, 0) is 10.0 Å². The predicted molar refractivity (Wildman–Crippen MR) is 86.3 cm³/mol. The van der Waals surface area contributed by atoms with Crippen LogP contribution < -0.4 is 4.72 Å². The van der Waals surface area contributed by atoms with Gasteiger partial charge in [0.15, 0.2) is 0 Å². The Labute approximate surface area is 136 Å². The molecule has 7 heteroatoms. The molecular formula is C16H24F2N2O2S. The summed E-state index contributed by atoms with van der Waals surface area (Å²) >= 11 is 0. The Hall–Kier alpha value is -1.05. The lowest BCUT2D eigenvalue weighted by molar-refractivity contribution is 0.0747. The van der Waals surface area contributed by atoms with E-state index in [1.54, 1.807) is 17.0 Å². The first-order chi connectivity index (χ1) is 10.8. The first-order valence-corrected chi connectivity index (χ1v) is 9.39. The highest BCUT2D eigenvalue weighted by molar-refractivity contribution is 7.89. The highest BCUT2D eigenvalue weighted by Crippen LogP contribution is 2.24. The van der Waals surface area contributed by atoms with Crippen molar-refractivity contribution in [3.8, 4) is 0 Å². The van der Waals surface area contributed by atoms with Crippen molar-refractivity contribution in [2.24, 2.45) is 0 Å². The topological polar surface area (TPSA) is 49.4 Å². The van der Waals surface area contributed by atoms with Crippen LogP contribution in [-0.4, -0.2) is 45.4 Å². The molecule has 0 aliphatic carbocycles. The minimum absolute atomic E-state index is 0.107. The van der Waals surface area contributed by atoms with Crippen LogP contribution >= 0.6 is 0 Å². The molecule has 0 unspecified atom stereocenters. The van der Waals surface area contributed by atoms with E-state index in [9.17, 15) is 17.2 Å². The maximum Gasteiger partial charge on any atom is 0.251 e. The number of halogens is 2. The molecule has 23 heavy (non-hydrogen) atoms. The molecule has 2 rings (SSSR count). The van der Waals surface area contributed by atoms with E-state index in [0.717, 1.165) is 5.56 Å². The average molecular weight is 346 g/mol. The fraction of sp³-hybridized carbons (Fsp3) is 0.625. The summed E-state index contributed by atoms with van der Waals surface area (Å²) in [6.45, 7) is 4.65. The van der Waals surface area contributed by atoms with Crippen molar-refractivity contribution < 1.29 is 17.2 Å². The summed E-state index contributed by atoms with van der Waals surface area (Å²) in [7, 11) is -3.59. The number of hydrogen-bond acceptors (Lipinski definition) is 3. The van der Waals surface area contributed by atoms with Crippen molar-refractivity contribution in [1.82, 2.24) is 9.62 Å². The molecule has 1 aliphatic rings. The molecule has 0 spiro atoms. The molecule has 0 atom stereocenters. The number of piperidine rings is 1. The van der Waals surface area contributed by atoms with Crippen LogP contribution in [0.4, 0.5) is 8.78 Å². The van der Waals surface area contributed by atoms with Crippen LogP contribution in [0.25, 0.3) is 0 Å². The number of nitrogens with one attached hydrogen (secondary N) is 1. The zero-order valence-corrected chi connectivity index (χ0v) is 14.3. The molecule has 1 fully saturated rings. The molecule has 0 bridgehead atoms. The first-order valence-electron chi connectivity index (χ1n) is 7.91. The largest absolute Gasteiger partial charge is 0.298 e. The number of nitrogens with zero attached hydrogens (tertiary/aromatic N) is 1. The minimum Gasteiger partial charge on any atom is -0.298 e. The van der Waals surface area contributed by atoms with Crippen LogP contribution in [0.5, 0.6) is 0 Å². The summed E-state index contributed by atoms with van der Waals surface area (Å²) in [6, 6.07) is 6.78. The fourth-order valence-electron chi connectivity index (χ4n) is 2.91. The molecule has 1 N–H and O–H groups in total. The second-order valence-corrected chi connectivity index (χ2v) is 7.96. The quantitative estimate of drug-likeness (QED) is 0.862. The molecule has 1 aromatic carbocycles. The van der Waals surface area contributed by atoms with E-state index in [-0.39, 0.29) is 18.5 Å². The Bertz CT molecular complexity index is 612. The first kappa shape index (κ1) is 18.3. The van der Waals surface area contributed by atoms with Gasteiger partial charge in [-0.15, -0.1) is 0 Å². The normalized spacial score (nSPS) is 18.0. The van der Waals surface area contributed by atoms with E-state index in [1.807, 2.05) is 26.0 Å². The lowest BCUT2D eigenvalue weighted by Gasteiger charge is -2.32. The van der Waals surface area contributed by atoms with E-state index in [2.05, 4.69) is 4.72 Å². The predicted octanol–water partition coefficient (Wildman–Crippen LogP) is 2.82. The van der Waals surface area contributed by atoms with Gasteiger partial charge in [0.25, 0.3) is 6.43 Å². The van der Waals surface area contributed by atoms with Crippen molar-refractivity contribution in [2.75, 3.05) is 19.6 Å². The maximum absolute atomic E-state index is 12.6. The summed E-state index contributed by atoms with van der Waals surface area (Å²) in [6.07, 6.45) is -1.24. The summed E-state index contributed by atoms with van der Waals surface area (Å²) in [4.78, 5) is 1.99. The van der Waals surface area contributed by atoms with Gasteiger partial charge in [0, 0.05) is 6.04 Å². The zero-order valence-electron chi connectivity index (χ0n) is 13.5. The second kappa shape index (κ2) is 7.68. The Morgan fingerprint density at radius 3 is 2.39 bits per heavy atom. The lowest BCUT2D eigenvalue weighted by Crippen LogP contribution is -2.45. The van der Waals surface area contributed by atoms with Crippen LogP contribution in [0, 0.1) is 0 Å². The molecule has 1 aliphatic heterocycles. The maximum atomic E-state index is 12.6. The van der Waals surface area contributed by atoms with Gasteiger partial charge < -0.3 is 0 Å². The molecule has 0 amide bonds. The molecular weight excluding hydrogens is 322 g/mol. The van der Waals surface area contributed by atoms with E-state index in [1.165, 1.54) is 0 Å². The smallest absolute Gasteiger partial charge is 0.251 e. The molecule has 130 valence electrons. The third-order valence-electron chi connectivity index (χ3n) is 4.14. The van der Waals surface area contributed by atoms with Gasteiger partial charge in [0.1, 0.15) is 0 Å². The number of sulfonamides is 1. The van der Waals surface area contributed by atoms with Gasteiger partial charge >= 0.3 is 0 Å². The van der Waals surface area contributed by atoms with Crippen molar-refractivity contribution >= 4 is 10.0 Å². The molecule has 0 aromatic heterocycles. The number of rotatable bonds is 6. The SMILES string of the molecule is CC(C)c1ccccc1S(=O)(=O)NC1CCN(CC(F)F)CC1. The molecule has 1 heterocycles. The Balaban J connectivity index is 2.03. The Morgan fingerprint density at radius 2 is 1.83 bits per heavy atom. The molecule has 1 aromatic rings. The summed E-state index contributed by atoms with van der Waals surface area (Å²) < 4.78 is 52.8. The third kappa shape index (κ3) is 4.96. The van der Waals surface area contributed by atoms with Crippen molar-refractivity contribution in [1.29, 1.82) is 0 Å². The van der Waals surface area contributed by atoms with E-state index < -0.39 is 16.4 Å². The molecule has 4 nitrogen and oxygen atoms in total. The number of likely N-dealkylation sites (tertiary alicyclic amines) is 1. The average Bonchev–Trinajstić information content (AvgIpc) is 2.48. The van der Waals surface area contributed by atoms with E-state index in [0.29, 0.717) is 30.8 Å². The second-order valence-electron chi connectivity index (χ2n) is 6.28. The van der Waals surface area contributed by atoms with Crippen LogP contribution in [0.15, 0.2) is 29.2 Å². The van der Waals surface area contributed by atoms with Crippen LogP contribution in [0.1, 0.15) is 38.2 Å². The van der Waals surface area contributed by atoms with E-state index in [4.69, 9.17) is 0 Å². The van der Waals surface area contributed by atoms with Crippen LogP contribution in [0.2, 0.25) is 0 Å². The Morgan fingerprint density at radius 1 is 1.22 bits per heavy atom. The molecule has 0 radical (unpaired) electrons. The van der Waals surface area contributed by atoms with Gasteiger partial charge in [-0.25, -0.2) is 21.9 Å². The van der Waals surface area contributed by atoms with Gasteiger partial charge in [-0.2, -0.15) is 0 Å². The highest BCUT2D eigenvalue weighted by Gasteiger charge is 2.27. The van der Waals surface area contributed by atoms with Gasteiger partial charge in [0.05, 0.1) is 11.4 Å². The summed E-state index contributed by atoms with van der Waals surface area (Å²) in [5.74, 6) is 0.107. The zero-order chi connectivity index (χ0) is 17.0. The van der Waals surface area contributed by atoms with Gasteiger partial charge in [-0.05, 0) is 43.5 Å². The number of alkyl halides is 2. The standard InChI is InChI=1S/C16H24F2N2O2S/c1-12(2)14-5-3-4-6-15(14)23(21,22)19-13-7-9-20(10-8-13)11-16(17)18/h3-6,12-13,16,19H,7-11H2,1-2H3. The van der Waals surface area contributed by atoms with Crippen molar-refractivity contribution in [2.45, 2.75) is 50.0 Å². The Kier molecular flexibility index (Phi) is 6.11. The van der Waals surface area contributed by atoms with Gasteiger partial charge in [-0.1, -0.05) is 32.0 Å². The lowest BCUT2D eigenvalue weighted by atomic mass is 10.0. The molecule has 1 saturated heterocycles. The van der Waals surface area contributed by atoms with Crippen molar-refractivity contribution in [3.63, 3.8) is 0 Å².